The summed E-state index contributed by atoms with van der Waals surface area (Å²) in [7, 11) is 0. The molecule has 2 rings (SSSR count). The monoisotopic (exact) mass is 206 g/mol. The van der Waals surface area contributed by atoms with Gasteiger partial charge in [0.2, 0.25) is 0 Å². The van der Waals surface area contributed by atoms with Gasteiger partial charge in [0, 0.05) is 24.5 Å². The number of nitrogens with two attached hydrogens (primary N) is 1. The van der Waals surface area contributed by atoms with Crippen molar-refractivity contribution in [1.82, 2.24) is 0 Å². The van der Waals surface area contributed by atoms with Gasteiger partial charge in [0.25, 0.3) is 0 Å². The second-order valence-corrected chi connectivity index (χ2v) is 4.26. The highest BCUT2D eigenvalue weighted by atomic mass is 16.3. The molecule has 0 aromatic heterocycles. The van der Waals surface area contributed by atoms with Gasteiger partial charge in [0.15, 0.2) is 0 Å². The lowest BCUT2D eigenvalue weighted by atomic mass is 10.1. The summed E-state index contributed by atoms with van der Waals surface area (Å²) in [5, 5.41) is 9.45. The molecule has 1 aromatic carbocycles. The Kier molecular flexibility index (Phi) is 2.82. The predicted octanol–water partition coefficient (Wildman–Crippen LogP) is 1.54. The van der Waals surface area contributed by atoms with Crippen LogP contribution >= 0.6 is 0 Å². The molecule has 0 aliphatic carbocycles. The predicted molar refractivity (Wildman–Crippen MR) is 63.0 cm³/mol. The van der Waals surface area contributed by atoms with Crippen molar-refractivity contribution in [1.29, 1.82) is 0 Å². The summed E-state index contributed by atoms with van der Waals surface area (Å²) in [4.78, 5) is 2.30. The highest BCUT2D eigenvalue weighted by Gasteiger charge is 2.18. The Morgan fingerprint density at radius 1 is 1.33 bits per heavy atom. The Bertz CT molecular complexity index is 343. The molecule has 1 aliphatic rings. The van der Waals surface area contributed by atoms with E-state index in [9.17, 15) is 5.11 Å². The first kappa shape index (κ1) is 10.3. The Morgan fingerprint density at radius 3 is 2.67 bits per heavy atom. The maximum atomic E-state index is 9.45. The molecule has 15 heavy (non-hydrogen) atoms. The molecule has 1 aliphatic heterocycles. The van der Waals surface area contributed by atoms with Crippen LogP contribution in [-0.2, 0) is 0 Å². The molecule has 0 saturated carbocycles. The van der Waals surface area contributed by atoms with E-state index in [1.807, 2.05) is 12.1 Å². The van der Waals surface area contributed by atoms with Gasteiger partial charge in [-0.3, -0.25) is 0 Å². The van der Waals surface area contributed by atoms with Gasteiger partial charge in [-0.15, -0.1) is 0 Å². The summed E-state index contributed by atoms with van der Waals surface area (Å²) in [5.41, 5.74) is 9.05. The van der Waals surface area contributed by atoms with Crippen molar-refractivity contribution in [3.8, 4) is 0 Å². The minimum Gasteiger partial charge on any atom is -0.399 e. The Hall–Kier alpha value is -1.22. The molecule has 1 heterocycles. The van der Waals surface area contributed by atoms with Crippen LogP contribution in [0.2, 0.25) is 0 Å². The average molecular weight is 206 g/mol. The molecule has 1 saturated heterocycles. The van der Waals surface area contributed by atoms with Crippen molar-refractivity contribution in [3.05, 3.63) is 23.8 Å². The molecule has 82 valence electrons. The zero-order valence-corrected chi connectivity index (χ0v) is 9.11. The SMILES string of the molecule is Cc1ccc(N)cc1N1CCC(O)CC1. The zero-order valence-electron chi connectivity index (χ0n) is 9.11. The third-order valence-corrected chi connectivity index (χ3v) is 3.04. The van der Waals surface area contributed by atoms with Gasteiger partial charge in [-0.05, 0) is 37.5 Å². The molecule has 0 atom stereocenters. The highest BCUT2D eigenvalue weighted by molar-refractivity contribution is 5.61. The van der Waals surface area contributed by atoms with E-state index in [1.54, 1.807) is 0 Å². The highest BCUT2D eigenvalue weighted by Crippen LogP contribution is 2.25. The number of aliphatic hydroxyl groups excluding tert-OH is 1. The molecular weight excluding hydrogens is 188 g/mol. The molecular formula is C12H18N2O. The average Bonchev–Trinajstić information content (AvgIpc) is 2.23. The van der Waals surface area contributed by atoms with E-state index >= 15 is 0 Å². The number of piperidine rings is 1. The van der Waals surface area contributed by atoms with Gasteiger partial charge in [-0.25, -0.2) is 0 Å². The van der Waals surface area contributed by atoms with Crippen molar-refractivity contribution in [2.45, 2.75) is 25.9 Å². The maximum absolute atomic E-state index is 9.45. The lowest BCUT2D eigenvalue weighted by Crippen LogP contribution is -2.36. The Labute approximate surface area is 90.5 Å². The normalized spacial score (nSPS) is 18.1. The standard InChI is InChI=1S/C12H18N2O/c1-9-2-3-10(13)8-12(9)14-6-4-11(15)5-7-14/h2-3,8,11,15H,4-7,13H2,1H3. The van der Waals surface area contributed by atoms with Crippen LogP contribution in [0.4, 0.5) is 11.4 Å². The molecule has 1 fully saturated rings. The van der Waals surface area contributed by atoms with Crippen LogP contribution in [-0.4, -0.2) is 24.3 Å². The smallest absolute Gasteiger partial charge is 0.0574 e. The second kappa shape index (κ2) is 4.11. The molecule has 3 N–H and O–H groups in total. The lowest BCUT2D eigenvalue weighted by molar-refractivity contribution is 0.145. The Morgan fingerprint density at radius 2 is 2.00 bits per heavy atom. The van der Waals surface area contributed by atoms with Gasteiger partial charge in [-0.1, -0.05) is 6.07 Å². The quantitative estimate of drug-likeness (QED) is 0.685. The zero-order chi connectivity index (χ0) is 10.8. The molecule has 0 unspecified atom stereocenters. The van der Waals surface area contributed by atoms with Gasteiger partial charge < -0.3 is 15.7 Å². The van der Waals surface area contributed by atoms with Crippen LogP contribution < -0.4 is 10.6 Å². The summed E-state index contributed by atoms with van der Waals surface area (Å²) in [5.74, 6) is 0. The van der Waals surface area contributed by atoms with E-state index in [0.717, 1.165) is 31.6 Å². The number of nitrogens with zero attached hydrogens (tertiary/aromatic N) is 1. The van der Waals surface area contributed by atoms with Crippen molar-refractivity contribution in [3.63, 3.8) is 0 Å². The van der Waals surface area contributed by atoms with Crippen LogP contribution in [0.5, 0.6) is 0 Å². The number of benzene rings is 1. The third kappa shape index (κ3) is 2.23. The fourth-order valence-corrected chi connectivity index (χ4v) is 2.07. The number of aryl methyl sites for hydroxylation is 1. The number of anilines is 2. The van der Waals surface area contributed by atoms with E-state index in [1.165, 1.54) is 11.3 Å². The number of hydrogen-bond acceptors (Lipinski definition) is 3. The van der Waals surface area contributed by atoms with Crippen LogP contribution in [0.25, 0.3) is 0 Å². The van der Waals surface area contributed by atoms with E-state index in [2.05, 4.69) is 17.9 Å². The summed E-state index contributed by atoms with van der Waals surface area (Å²) in [6.45, 7) is 3.94. The van der Waals surface area contributed by atoms with E-state index in [4.69, 9.17) is 5.73 Å². The minimum absolute atomic E-state index is 0.123. The maximum Gasteiger partial charge on any atom is 0.0574 e. The van der Waals surface area contributed by atoms with Crippen LogP contribution in [0.3, 0.4) is 0 Å². The van der Waals surface area contributed by atoms with Crippen LogP contribution in [0.15, 0.2) is 18.2 Å². The summed E-state index contributed by atoms with van der Waals surface area (Å²) >= 11 is 0. The van der Waals surface area contributed by atoms with Crippen molar-refractivity contribution in [2.24, 2.45) is 0 Å². The van der Waals surface area contributed by atoms with Crippen LogP contribution in [0.1, 0.15) is 18.4 Å². The topological polar surface area (TPSA) is 49.5 Å². The largest absolute Gasteiger partial charge is 0.399 e. The first-order valence-corrected chi connectivity index (χ1v) is 5.46. The van der Waals surface area contributed by atoms with Crippen LogP contribution in [0, 0.1) is 6.92 Å². The molecule has 0 spiro atoms. The summed E-state index contributed by atoms with van der Waals surface area (Å²) in [6.07, 6.45) is 1.59. The molecule has 1 aromatic rings. The molecule has 0 amide bonds. The van der Waals surface area contributed by atoms with E-state index in [-0.39, 0.29) is 6.10 Å². The minimum atomic E-state index is -0.123. The first-order valence-electron chi connectivity index (χ1n) is 5.46. The molecule has 0 bridgehead atoms. The molecule has 3 heteroatoms. The number of nitrogen functional groups attached to an aromatic ring is 1. The second-order valence-electron chi connectivity index (χ2n) is 4.26. The van der Waals surface area contributed by atoms with E-state index < -0.39 is 0 Å². The molecule has 0 radical (unpaired) electrons. The first-order chi connectivity index (χ1) is 7.16. The van der Waals surface area contributed by atoms with Crippen molar-refractivity contribution in [2.75, 3.05) is 23.7 Å². The lowest BCUT2D eigenvalue weighted by Gasteiger charge is -2.32. The fraction of sp³-hybridized carbons (Fsp3) is 0.500. The number of rotatable bonds is 1. The number of aliphatic hydroxyl groups is 1. The third-order valence-electron chi connectivity index (χ3n) is 3.04. The fourth-order valence-electron chi connectivity index (χ4n) is 2.07. The summed E-state index contributed by atoms with van der Waals surface area (Å²) in [6, 6.07) is 6.00. The van der Waals surface area contributed by atoms with Gasteiger partial charge in [0.1, 0.15) is 0 Å². The van der Waals surface area contributed by atoms with Gasteiger partial charge in [-0.2, -0.15) is 0 Å². The van der Waals surface area contributed by atoms with Gasteiger partial charge in [0.05, 0.1) is 6.10 Å². The van der Waals surface area contributed by atoms with Crippen molar-refractivity contribution < 1.29 is 5.11 Å². The summed E-state index contributed by atoms with van der Waals surface area (Å²) < 4.78 is 0. The Balaban J connectivity index is 2.18. The van der Waals surface area contributed by atoms with E-state index in [0.29, 0.717) is 0 Å². The van der Waals surface area contributed by atoms with Crippen molar-refractivity contribution >= 4 is 11.4 Å². The number of hydrogen-bond donors (Lipinski definition) is 2. The molecule has 3 nitrogen and oxygen atoms in total. The van der Waals surface area contributed by atoms with Gasteiger partial charge >= 0.3 is 0 Å².